The smallest absolute Gasteiger partial charge is 0.138 e. The van der Waals surface area contributed by atoms with Crippen LogP contribution in [0.1, 0.15) is 25.5 Å². The van der Waals surface area contributed by atoms with Gasteiger partial charge in [0, 0.05) is 18.1 Å². The van der Waals surface area contributed by atoms with Crippen LogP contribution in [0, 0.1) is 5.92 Å². The molecule has 90 valence electrons. The summed E-state index contributed by atoms with van der Waals surface area (Å²) < 4.78 is 4.52. The van der Waals surface area contributed by atoms with Crippen LogP contribution in [-0.2, 0) is 6.54 Å². The lowest BCUT2D eigenvalue weighted by molar-refractivity contribution is 0.0691. The van der Waals surface area contributed by atoms with E-state index in [4.69, 9.17) is 11.6 Å². The van der Waals surface area contributed by atoms with E-state index in [9.17, 15) is 5.11 Å². The minimum atomic E-state index is -0.188. The second-order valence-corrected chi connectivity index (χ2v) is 5.70. The molecule has 0 bridgehead atoms. The third-order valence-electron chi connectivity index (χ3n) is 3.20. The van der Waals surface area contributed by atoms with Gasteiger partial charge in [-0.3, -0.25) is 4.90 Å². The maximum atomic E-state index is 9.50. The Labute approximate surface area is 104 Å². The minimum absolute atomic E-state index is 0.188. The third-order valence-corrected chi connectivity index (χ3v) is 4.18. The predicted molar refractivity (Wildman–Crippen MR) is 64.6 cm³/mol. The number of likely N-dealkylation sites (tertiary alicyclic amines) is 1. The first kappa shape index (κ1) is 12.2. The van der Waals surface area contributed by atoms with Crippen molar-refractivity contribution in [1.29, 1.82) is 0 Å². The summed E-state index contributed by atoms with van der Waals surface area (Å²) in [6, 6.07) is 0. The van der Waals surface area contributed by atoms with E-state index in [0.717, 1.165) is 38.2 Å². The minimum Gasteiger partial charge on any atom is -0.393 e. The van der Waals surface area contributed by atoms with Crippen molar-refractivity contribution in [3.8, 4) is 0 Å². The van der Waals surface area contributed by atoms with Crippen LogP contribution in [0.3, 0.4) is 0 Å². The molecule has 1 aliphatic rings. The van der Waals surface area contributed by atoms with Crippen LogP contribution in [0.25, 0.3) is 0 Å². The first-order valence-electron chi connectivity index (χ1n) is 5.54. The van der Waals surface area contributed by atoms with Gasteiger partial charge in [-0.2, -0.15) is 0 Å². The quantitative estimate of drug-likeness (QED) is 0.901. The molecule has 0 spiro atoms. The SMILES string of the molecule is CC(O)C1CCN(Cc2nnsc2Cl)CC1. The van der Waals surface area contributed by atoms with Crippen LogP contribution >= 0.6 is 23.1 Å². The Bertz CT molecular complexity index is 337. The number of hydrogen-bond acceptors (Lipinski definition) is 5. The standard InChI is InChI=1S/C10H16ClN3OS/c1-7(15)8-2-4-14(5-3-8)6-9-10(11)16-13-12-9/h7-8,15H,2-6H2,1H3. The van der Waals surface area contributed by atoms with E-state index in [-0.39, 0.29) is 6.10 Å². The molecule has 6 heteroatoms. The fraction of sp³-hybridized carbons (Fsp3) is 0.800. The Morgan fingerprint density at radius 2 is 2.25 bits per heavy atom. The van der Waals surface area contributed by atoms with E-state index in [1.54, 1.807) is 0 Å². The predicted octanol–water partition coefficient (Wildman–Crippen LogP) is 1.78. The lowest BCUT2D eigenvalue weighted by Gasteiger charge is -2.32. The molecule has 1 aromatic heterocycles. The van der Waals surface area contributed by atoms with Crippen molar-refractivity contribution in [2.24, 2.45) is 5.92 Å². The molecular formula is C10H16ClN3OS. The molecule has 2 rings (SSSR count). The van der Waals surface area contributed by atoms with Gasteiger partial charge >= 0.3 is 0 Å². The van der Waals surface area contributed by atoms with E-state index in [0.29, 0.717) is 10.3 Å². The van der Waals surface area contributed by atoms with Gasteiger partial charge in [-0.15, -0.1) is 5.10 Å². The molecule has 2 heterocycles. The molecule has 0 radical (unpaired) electrons. The Hall–Kier alpha value is -0.230. The molecule has 1 aliphatic heterocycles. The van der Waals surface area contributed by atoms with Gasteiger partial charge in [0.25, 0.3) is 0 Å². The zero-order valence-electron chi connectivity index (χ0n) is 9.27. The molecular weight excluding hydrogens is 246 g/mol. The van der Waals surface area contributed by atoms with Crippen LogP contribution < -0.4 is 0 Å². The van der Waals surface area contributed by atoms with Gasteiger partial charge in [0.1, 0.15) is 10.0 Å². The van der Waals surface area contributed by atoms with E-state index < -0.39 is 0 Å². The van der Waals surface area contributed by atoms with Gasteiger partial charge < -0.3 is 5.11 Å². The van der Waals surface area contributed by atoms with Crippen molar-refractivity contribution in [1.82, 2.24) is 14.5 Å². The van der Waals surface area contributed by atoms with Crippen LogP contribution in [0.15, 0.2) is 0 Å². The first-order valence-corrected chi connectivity index (χ1v) is 6.69. The summed E-state index contributed by atoms with van der Waals surface area (Å²) >= 11 is 7.20. The van der Waals surface area contributed by atoms with Gasteiger partial charge in [0.2, 0.25) is 0 Å². The number of piperidine rings is 1. The monoisotopic (exact) mass is 261 g/mol. The summed E-state index contributed by atoms with van der Waals surface area (Å²) in [5.74, 6) is 0.445. The van der Waals surface area contributed by atoms with Crippen molar-refractivity contribution < 1.29 is 5.11 Å². The average Bonchev–Trinajstić information content (AvgIpc) is 2.65. The maximum absolute atomic E-state index is 9.50. The molecule has 0 aromatic carbocycles. The van der Waals surface area contributed by atoms with Crippen LogP contribution in [0.2, 0.25) is 4.34 Å². The maximum Gasteiger partial charge on any atom is 0.138 e. The van der Waals surface area contributed by atoms with Gasteiger partial charge in [-0.1, -0.05) is 16.1 Å². The third kappa shape index (κ3) is 2.91. The van der Waals surface area contributed by atoms with Crippen molar-refractivity contribution in [3.63, 3.8) is 0 Å². The van der Waals surface area contributed by atoms with Gasteiger partial charge in [0.15, 0.2) is 0 Å². The fourth-order valence-electron chi connectivity index (χ4n) is 2.10. The Balaban J connectivity index is 1.84. The Kier molecular flexibility index (Phi) is 4.13. The number of aliphatic hydroxyl groups excluding tert-OH is 1. The number of aliphatic hydroxyl groups is 1. The molecule has 1 fully saturated rings. The fourth-order valence-corrected chi connectivity index (χ4v) is 2.71. The molecule has 0 aliphatic carbocycles. The normalized spacial score (nSPS) is 21.2. The summed E-state index contributed by atoms with van der Waals surface area (Å²) in [7, 11) is 0. The number of aromatic nitrogens is 2. The molecule has 1 saturated heterocycles. The van der Waals surface area contributed by atoms with Crippen molar-refractivity contribution >= 4 is 23.1 Å². The number of halogens is 1. The second-order valence-electron chi connectivity index (χ2n) is 4.35. The lowest BCUT2D eigenvalue weighted by atomic mass is 9.92. The van der Waals surface area contributed by atoms with Crippen LogP contribution in [0.4, 0.5) is 0 Å². The van der Waals surface area contributed by atoms with E-state index in [1.165, 1.54) is 11.5 Å². The molecule has 1 unspecified atom stereocenters. The summed E-state index contributed by atoms with van der Waals surface area (Å²) in [5.41, 5.74) is 0.877. The zero-order valence-corrected chi connectivity index (χ0v) is 10.8. The van der Waals surface area contributed by atoms with E-state index >= 15 is 0 Å². The summed E-state index contributed by atoms with van der Waals surface area (Å²) in [6.07, 6.45) is 1.91. The Morgan fingerprint density at radius 3 is 2.75 bits per heavy atom. The van der Waals surface area contributed by atoms with E-state index in [1.807, 2.05) is 6.92 Å². The van der Waals surface area contributed by atoms with Crippen molar-refractivity contribution in [2.75, 3.05) is 13.1 Å². The largest absolute Gasteiger partial charge is 0.393 e. The zero-order chi connectivity index (χ0) is 11.5. The van der Waals surface area contributed by atoms with Crippen LogP contribution in [-0.4, -0.2) is 38.8 Å². The van der Waals surface area contributed by atoms with E-state index in [2.05, 4.69) is 14.5 Å². The average molecular weight is 262 g/mol. The molecule has 16 heavy (non-hydrogen) atoms. The number of nitrogens with zero attached hydrogens (tertiary/aromatic N) is 3. The number of hydrogen-bond donors (Lipinski definition) is 1. The van der Waals surface area contributed by atoms with Gasteiger partial charge in [0.05, 0.1) is 6.10 Å². The molecule has 1 aromatic rings. The van der Waals surface area contributed by atoms with Crippen molar-refractivity contribution in [3.05, 3.63) is 10.0 Å². The lowest BCUT2D eigenvalue weighted by Crippen LogP contribution is -2.36. The molecule has 4 nitrogen and oxygen atoms in total. The highest BCUT2D eigenvalue weighted by Crippen LogP contribution is 2.24. The highest BCUT2D eigenvalue weighted by Gasteiger charge is 2.23. The van der Waals surface area contributed by atoms with Crippen molar-refractivity contribution in [2.45, 2.75) is 32.4 Å². The molecule has 1 N–H and O–H groups in total. The summed E-state index contributed by atoms with van der Waals surface area (Å²) in [4.78, 5) is 2.32. The van der Waals surface area contributed by atoms with Crippen LogP contribution in [0.5, 0.6) is 0 Å². The van der Waals surface area contributed by atoms with Gasteiger partial charge in [-0.25, -0.2) is 0 Å². The second kappa shape index (κ2) is 5.40. The highest BCUT2D eigenvalue weighted by atomic mass is 35.5. The summed E-state index contributed by atoms with van der Waals surface area (Å²) in [5, 5.41) is 13.5. The number of rotatable bonds is 3. The molecule has 0 amide bonds. The first-order chi connectivity index (χ1) is 7.66. The Morgan fingerprint density at radius 1 is 1.56 bits per heavy atom. The van der Waals surface area contributed by atoms with Gasteiger partial charge in [-0.05, 0) is 38.8 Å². The topological polar surface area (TPSA) is 49.2 Å². The highest BCUT2D eigenvalue weighted by molar-refractivity contribution is 7.10. The summed E-state index contributed by atoms with van der Waals surface area (Å²) in [6.45, 7) is 4.66. The molecule has 0 saturated carbocycles. The molecule has 1 atom stereocenters.